The van der Waals surface area contributed by atoms with Gasteiger partial charge in [0.05, 0.1) is 6.61 Å². The third kappa shape index (κ3) is 3.98. The molecule has 0 aliphatic carbocycles. The van der Waals surface area contributed by atoms with Gasteiger partial charge in [0.1, 0.15) is 17.6 Å². The minimum Gasteiger partial charge on any atom is -0.493 e. The standard InChI is InChI=1S/C22H27NO2/c1-2-7-17(8-3-1)20-13-12-19-21(10-6-11-22(19)25-20)24-16-14-18-9-4-5-15-23-18/h1-3,6-8,10-11,18,20,23H,4-5,9,12-16H2. The van der Waals surface area contributed by atoms with Crippen molar-refractivity contribution in [3.63, 3.8) is 0 Å². The van der Waals surface area contributed by atoms with Crippen LogP contribution >= 0.6 is 0 Å². The summed E-state index contributed by atoms with van der Waals surface area (Å²) in [6.45, 7) is 1.93. The van der Waals surface area contributed by atoms with Gasteiger partial charge in [0.2, 0.25) is 0 Å². The third-order valence-electron chi connectivity index (χ3n) is 5.32. The summed E-state index contributed by atoms with van der Waals surface area (Å²) in [5.74, 6) is 1.98. The molecule has 0 radical (unpaired) electrons. The van der Waals surface area contributed by atoms with Crippen molar-refractivity contribution in [1.82, 2.24) is 5.32 Å². The van der Waals surface area contributed by atoms with Gasteiger partial charge in [0.25, 0.3) is 0 Å². The molecule has 1 saturated heterocycles. The van der Waals surface area contributed by atoms with Crippen molar-refractivity contribution in [2.24, 2.45) is 0 Å². The molecular formula is C22H27NO2. The second kappa shape index (κ2) is 7.92. The number of hydrogen-bond acceptors (Lipinski definition) is 3. The molecule has 2 unspecified atom stereocenters. The Morgan fingerprint density at radius 3 is 2.76 bits per heavy atom. The number of fused-ring (bicyclic) bond motifs is 1. The van der Waals surface area contributed by atoms with Gasteiger partial charge in [-0.25, -0.2) is 0 Å². The minimum absolute atomic E-state index is 0.149. The van der Waals surface area contributed by atoms with Crippen molar-refractivity contribution in [3.05, 3.63) is 59.7 Å². The Balaban J connectivity index is 1.39. The maximum Gasteiger partial charge on any atom is 0.127 e. The van der Waals surface area contributed by atoms with Crippen molar-refractivity contribution in [2.75, 3.05) is 13.2 Å². The van der Waals surface area contributed by atoms with E-state index in [0.717, 1.165) is 43.9 Å². The Bertz CT molecular complexity index is 680. The molecule has 0 saturated carbocycles. The highest BCUT2D eigenvalue weighted by Gasteiger charge is 2.23. The molecule has 132 valence electrons. The molecule has 0 aromatic heterocycles. The first kappa shape index (κ1) is 16.5. The van der Waals surface area contributed by atoms with Crippen LogP contribution in [0.4, 0.5) is 0 Å². The van der Waals surface area contributed by atoms with E-state index >= 15 is 0 Å². The van der Waals surface area contributed by atoms with Gasteiger partial charge < -0.3 is 14.8 Å². The Hall–Kier alpha value is -2.00. The Kier molecular flexibility index (Phi) is 5.22. The number of benzene rings is 2. The van der Waals surface area contributed by atoms with Crippen LogP contribution in [0.25, 0.3) is 0 Å². The van der Waals surface area contributed by atoms with Crippen LogP contribution in [0.3, 0.4) is 0 Å². The van der Waals surface area contributed by atoms with E-state index in [1.807, 2.05) is 12.1 Å². The maximum atomic E-state index is 6.26. The van der Waals surface area contributed by atoms with Crippen LogP contribution in [0, 0.1) is 0 Å². The normalized spacial score (nSPS) is 22.7. The molecule has 4 rings (SSSR count). The molecule has 2 atom stereocenters. The van der Waals surface area contributed by atoms with Crippen LogP contribution < -0.4 is 14.8 Å². The van der Waals surface area contributed by atoms with Crippen LogP contribution in [0.5, 0.6) is 11.5 Å². The number of rotatable bonds is 5. The molecular weight excluding hydrogens is 310 g/mol. The van der Waals surface area contributed by atoms with Crippen LogP contribution in [-0.4, -0.2) is 19.2 Å². The van der Waals surface area contributed by atoms with Crippen LogP contribution in [0.2, 0.25) is 0 Å². The number of nitrogens with one attached hydrogen (secondary N) is 1. The lowest BCUT2D eigenvalue weighted by Gasteiger charge is -2.28. The van der Waals surface area contributed by atoms with E-state index in [0.29, 0.717) is 6.04 Å². The Morgan fingerprint density at radius 1 is 1.00 bits per heavy atom. The molecule has 0 bridgehead atoms. The Morgan fingerprint density at radius 2 is 1.92 bits per heavy atom. The van der Waals surface area contributed by atoms with Gasteiger partial charge in [-0.05, 0) is 56.3 Å². The third-order valence-corrected chi connectivity index (χ3v) is 5.32. The molecule has 25 heavy (non-hydrogen) atoms. The average molecular weight is 337 g/mol. The Labute approximate surface area is 150 Å². The summed E-state index contributed by atoms with van der Waals surface area (Å²) in [5, 5.41) is 3.59. The van der Waals surface area contributed by atoms with Crippen molar-refractivity contribution in [3.8, 4) is 11.5 Å². The monoisotopic (exact) mass is 337 g/mol. The molecule has 2 aromatic rings. The second-order valence-corrected chi connectivity index (χ2v) is 7.07. The second-order valence-electron chi connectivity index (χ2n) is 7.07. The predicted octanol–water partition coefficient (Wildman–Crippen LogP) is 4.66. The highest BCUT2D eigenvalue weighted by atomic mass is 16.5. The molecule has 0 spiro atoms. The van der Waals surface area contributed by atoms with Gasteiger partial charge in [-0.1, -0.05) is 42.8 Å². The first-order chi connectivity index (χ1) is 12.4. The number of hydrogen-bond donors (Lipinski definition) is 1. The molecule has 0 amide bonds. The molecule has 1 N–H and O–H groups in total. The maximum absolute atomic E-state index is 6.26. The lowest BCUT2D eigenvalue weighted by molar-refractivity contribution is 0.172. The molecule has 2 aliphatic heterocycles. The SMILES string of the molecule is c1ccc(C2CCc3c(OCCC4CCCCN4)cccc3O2)cc1. The first-order valence-corrected chi connectivity index (χ1v) is 9.60. The zero-order chi connectivity index (χ0) is 16.9. The number of piperidine rings is 1. The molecule has 2 aliphatic rings. The summed E-state index contributed by atoms with van der Waals surface area (Å²) in [6, 6.07) is 17.3. The predicted molar refractivity (Wildman–Crippen MR) is 100 cm³/mol. The fraction of sp³-hybridized carbons (Fsp3) is 0.455. The molecule has 2 heterocycles. The van der Waals surface area contributed by atoms with E-state index in [9.17, 15) is 0 Å². The lowest BCUT2D eigenvalue weighted by atomic mass is 9.97. The zero-order valence-corrected chi connectivity index (χ0v) is 14.7. The fourth-order valence-corrected chi connectivity index (χ4v) is 3.91. The molecule has 1 fully saturated rings. The molecule has 2 aromatic carbocycles. The summed E-state index contributed by atoms with van der Waals surface area (Å²) < 4.78 is 12.4. The number of ether oxygens (including phenoxy) is 2. The zero-order valence-electron chi connectivity index (χ0n) is 14.7. The van der Waals surface area contributed by atoms with Crippen molar-refractivity contribution in [1.29, 1.82) is 0 Å². The van der Waals surface area contributed by atoms with Crippen LogP contribution in [0.15, 0.2) is 48.5 Å². The molecule has 3 heteroatoms. The lowest BCUT2D eigenvalue weighted by Crippen LogP contribution is -2.35. The fourth-order valence-electron chi connectivity index (χ4n) is 3.91. The largest absolute Gasteiger partial charge is 0.493 e. The highest BCUT2D eigenvalue weighted by molar-refractivity contribution is 5.46. The summed E-state index contributed by atoms with van der Waals surface area (Å²) in [6.07, 6.45) is 7.16. The van der Waals surface area contributed by atoms with E-state index in [2.05, 4.69) is 41.7 Å². The van der Waals surface area contributed by atoms with Gasteiger partial charge in [-0.15, -0.1) is 0 Å². The topological polar surface area (TPSA) is 30.5 Å². The van der Waals surface area contributed by atoms with Crippen molar-refractivity contribution >= 4 is 0 Å². The molecule has 3 nitrogen and oxygen atoms in total. The highest BCUT2D eigenvalue weighted by Crippen LogP contribution is 2.39. The minimum atomic E-state index is 0.149. The van der Waals surface area contributed by atoms with Gasteiger partial charge in [-0.3, -0.25) is 0 Å². The van der Waals surface area contributed by atoms with E-state index in [-0.39, 0.29) is 6.10 Å². The van der Waals surface area contributed by atoms with E-state index < -0.39 is 0 Å². The van der Waals surface area contributed by atoms with Crippen LogP contribution in [-0.2, 0) is 6.42 Å². The summed E-state index contributed by atoms with van der Waals surface area (Å²) in [5.41, 5.74) is 2.48. The average Bonchev–Trinajstić information content (AvgIpc) is 2.69. The first-order valence-electron chi connectivity index (χ1n) is 9.60. The van der Waals surface area contributed by atoms with Gasteiger partial charge in [0.15, 0.2) is 0 Å². The summed E-state index contributed by atoms with van der Waals surface area (Å²) in [7, 11) is 0. The quantitative estimate of drug-likeness (QED) is 0.860. The van der Waals surface area contributed by atoms with E-state index in [1.165, 1.54) is 30.4 Å². The van der Waals surface area contributed by atoms with Crippen molar-refractivity contribution in [2.45, 2.75) is 50.7 Å². The van der Waals surface area contributed by atoms with Crippen molar-refractivity contribution < 1.29 is 9.47 Å². The van der Waals surface area contributed by atoms with Gasteiger partial charge in [-0.2, -0.15) is 0 Å². The van der Waals surface area contributed by atoms with Gasteiger partial charge >= 0.3 is 0 Å². The van der Waals surface area contributed by atoms with E-state index in [1.54, 1.807) is 0 Å². The van der Waals surface area contributed by atoms with Gasteiger partial charge in [0, 0.05) is 11.6 Å². The smallest absolute Gasteiger partial charge is 0.127 e. The summed E-state index contributed by atoms with van der Waals surface area (Å²) in [4.78, 5) is 0. The van der Waals surface area contributed by atoms with E-state index in [4.69, 9.17) is 9.47 Å². The summed E-state index contributed by atoms with van der Waals surface area (Å²) >= 11 is 0. The van der Waals surface area contributed by atoms with Crippen LogP contribution in [0.1, 0.15) is 49.3 Å².